The second kappa shape index (κ2) is 6.23. The minimum Gasteiger partial charge on any atom is -0.331 e. The Morgan fingerprint density at radius 2 is 1.80 bits per heavy atom. The van der Waals surface area contributed by atoms with Crippen molar-refractivity contribution in [2.75, 3.05) is 6.54 Å². The lowest BCUT2D eigenvalue weighted by atomic mass is 9.87. The van der Waals surface area contributed by atoms with E-state index in [9.17, 15) is 0 Å². The molecule has 0 bridgehead atoms. The summed E-state index contributed by atoms with van der Waals surface area (Å²) in [7, 11) is 0. The molecule has 0 atom stereocenters. The number of aromatic nitrogens is 2. The fraction of sp³-hybridized carbons (Fsp3) is 0.471. The lowest BCUT2D eigenvalue weighted by Crippen LogP contribution is -2.10. The maximum absolute atomic E-state index is 5.55. The Morgan fingerprint density at radius 3 is 2.40 bits per heavy atom. The first-order chi connectivity index (χ1) is 9.52. The molecule has 1 heterocycles. The van der Waals surface area contributed by atoms with Crippen LogP contribution in [0.2, 0.25) is 0 Å². The fourth-order valence-corrected chi connectivity index (χ4v) is 2.30. The quantitative estimate of drug-likeness (QED) is 0.845. The molecule has 1 aromatic carbocycles. The average Bonchev–Trinajstić information content (AvgIpc) is 2.87. The van der Waals surface area contributed by atoms with Crippen molar-refractivity contribution in [3.63, 3.8) is 0 Å². The van der Waals surface area contributed by atoms with E-state index in [0.717, 1.165) is 31.8 Å². The van der Waals surface area contributed by atoms with Crippen LogP contribution in [-0.4, -0.2) is 16.1 Å². The van der Waals surface area contributed by atoms with Crippen LogP contribution in [-0.2, 0) is 12.0 Å². The van der Waals surface area contributed by atoms with Crippen molar-refractivity contribution in [1.82, 2.24) is 9.55 Å². The number of rotatable bonds is 5. The van der Waals surface area contributed by atoms with Crippen molar-refractivity contribution in [2.45, 2.75) is 45.6 Å². The highest BCUT2D eigenvalue weighted by molar-refractivity contribution is 5.56. The van der Waals surface area contributed by atoms with Gasteiger partial charge in [0, 0.05) is 24.5 Å². The molecule has 3 nitrogen and oxygen atoms in total. The molecule has 0 amide bonds. The lowest BCUT2D eigenvalue weighted by Gasteiger charge is -2.19. The number of hydrogen-bond donors (Lipinski definition) is 1. The number of nitrogens with zero attached hydrogens (tertiary/aromatic N) is 2. The predicted octanol–water partition coefficient (Wildman–Crippen LogP) is 3.59. The zero-order valence-corrected chi connectivity index (χ0v) is 12.8. The van der Waals surface area contributed by atoms with Crippen molar-refractivity contribution >= 4 is 0 Å². The van der Waals surface area contributed by atoms with Gasteiger partial charge >= 0.3 is 0 Å². The molecule has 2 rings (SSSR count). The summed E-state index contributed by atoms with van der Waals surface area (Å²) in [6.45, 7) is 8.43. The zero-order chi connectivity index (χ0) is 14.6. The molecule has 3 heteroatoms. The van der Waals surface area contributed by atoms with Crippen LogP contribution in [0.25, 0.3) is 11.4 Å². The van der Waals surface area contributed by atoms with E-state index in [1.54, 1.807) is 0 Å². The van der Waals surface area contributed by atoms with Crippen LogP contribution in [0.5, 0.6) is 0 Å². The van der Waals surface area contributed by atoms with Gasteiger partial charge in [-0.2, -0.15) is 0 Å². The first kappa shape index (κ1) is 14.8. The molecule has 1 aromatic heterocycles. The van der Waals surface area contributed by atoms with E-state index < -0.39 is 0 Å². The standard InChI is InChI=1S/C17H25N3/c1-17(2,3)15-8-6-14(7-9-15)16-19-11-13-20(16)12-5-4-10-18/h6-9,11,13H,4-5,10,12,18H2,1-3H3. The number of hydrogen-bond acceptors (Lipinski definition) is 2. The monoisotopic (exact) mass is 271 g/mol. The molecule has 0 aliphatic heterocycles. The van der Waals surface area contributed by atoms with Crippen LogP contribution < -0.4 is 5.73 Å². The largest absolute Gasteiger partial charge is 0.331 e. The summed E-state index contributed by atoms with van der Waals surface area (Å²) >= 11 is 0. The highest BCUT2D eigenvalue weighted by atomic mass is 15.1. The van der Waals surface area contributed by atoms with Gasteiger partial charge in [-0.15, -0.1) is 0 Å². The summed E-state index contributed by atoms with van der Waals surface area (Å²) in [5.41, 5.74) is 8.27. The molecular formula is C17H25N3. The van der Waals surface area contributed by atoms with Gasteiger partial charge in [-0.25, -0.2) is 4.98 Å². The number of imidazole rings is 1. The molecule has 0 aliphatic rings. The van der Waals surface area contributed by atoms with Crippen molar-refractivity contribution < 1.29 is 0 Å². The SMILES string of the molecule is CC(C)(C)c1ccc(-c2nccn2CCCCN)cc1. The predicted molar refractivity (Wildman–Crippen MR) is 84.7 cm³/mol. The van der Waals surface area contributed by atoms with Gasteiger partial charge in [-0.1, -0.05) is 45.0 Å². The van der Waals surface area contributed by atoms with Crippen molar-refractivity contribution in [1.29, 1.82) is 0 Å². The maximum Gasteiger partial charge on any atom is 0.139 e. The highest BCUT2D eigenvalue weighted by Gasteiger charge is 2.14. The van der Waals surface area contributed by atoms with Gasteiger partial charge in [0.05, 0.1) is 0 Å². The fourth-order valence-electron chi connectivity index (χ4n) is 2.30. The Balaban J connectivity index is 2.18. The summed E-state index contributed by atoms with van der Waals surface area (Å²) in [5.74, 6) is 1.04. The molecule has 2 N–H and O–H groups in total. The van der Waals surface area contributed by atoms with E-state index in [4.69, 9.17) is 5.73 Å². The number of aryl methyl sites for hydroxylation is 1. The lowest BCUT2D eigenvalue weighted by molar-refractivity contribution is 0.590. The van der Waals surface area contributed by atoms with E-state index >= 15 is 0 Å². The maximum atomic E-state index is 5.55. The van der Waals surface area contributed by atoms with E-state index in [2.05, 4.69) is 54.6 Å². The van der Waals surface area contributed by atoms with Gasteiger partial charge in [0.25, 0.3) is 0 Å². The zero-order valence-electron chi connectivity index (χ0n) is 12.8. The number of unbranched alkanes of at least 4 members (excludes halogenated alkanes) is 1. The summed E-state index contributed by atoms with van der Waals surface area (Å²) in [5, 5.41) is 0. The third-order valence-corrected chi connectivity index (χ3v) is 3.58. The highest BCUT2D eigenvalue weighted by Crippen LogP contribution is 2.25. The van der Waals surface area contributed by atoms with Crippen LogP contribution in [0, 0.1) is 0 Å². The van der Waals surface area contributed by atoms with Crippen LogP contribution in [0.3, 0.4) is 0 Å². The minimum absolute atomic E-state index is 0.190. The molecule has 0 fully saturated rings. The Morgan fingerprint density at radius 1 is 1.10 bits per heavy atom. The minimum atomic E-state index is 0.190. The summed E-state index contributed by atoms with van der Waals surface area (Å²) in [6, 6.07) is 8.74. The van der Waals surface area contributed by atoms with E-state index in [0.29, 0.717) is 0 Å². The molecule has 0 radical (unpaired) electrons. The molecule has 0 spiro atoms. The molecule has 20 heavy (non-hydrogen) atoms. The first-order valence-electron chi connectivity index (χ1n) is 7.34. The normalized spacial score (nSPS) is 11.8. The van der Waals surface area contributed by atoms with Gasteiger partial charge in [-0.3, -0.25) is 0 Å². The van der Waals surface area contributed by atoms with Crippen LogP contribution >= 0.6 is 0 Å². The third-order valence-electron chi connectivity index (χ3n) is 3.58. The first-order valence-corrected chi connectivity index (χ1v) is 7.34. The Bertz CT molecular complexity index is 532. The van der Waals surface area contributed by atoms with Gasteiger partial charge in [0.1, 0.15) is 5.82 Å². The third kappa shape index (κ3) is 3.48. The van der Waals surface area contributed by atoms with E-state index in [-0.39, 0.29) is 5.41 Å². The second-order valence-electron chi connectivity index (χ2n) is 6.27. The molecule has 0 saturated heterocycles. The van der Waals surface area contributed by atoms with Crippen LogP contribution in [0.1, 0.15) is 39.2 Å². The smallest absolute Gasteiger partial charge is 0.139 e. The van der Waals surface area contributed by atoms with Crippen molar-refractivity contribution in [2.24, 2.45) is 5.73 Å². The Hall–Kier alpha value is -1.61. The topological polar surface area (TPSA) is 43.8 Å². The molecular weight excluding hydrogens is 246 g/mol. The van der Waals surface area contributed by atoms with Crippen molar-refractivity contribution in [3.05, 3.63) is 42.2 Å². The Kier molecular flexibility index (Phi) is 4.61. The van der Waals surface area contributed by atoms with Gasteiger partial charge in [0.2, 0.25) is 0 Å². The van der Waals surface area contributed by atoms with Gasteiger partial charge < -0.3 is 10.3 Å². The molecule has 0 aliphatic carbocycles. The van der Waals surface area contributed by atoms with Crippen LogP contribution in [0.15, 0.2) is 36.7 Å². The number of nitrogens with two attached hydrogens (primary N) is 1. The summed E-state index contributed by atoms with van der Waals surface area (Å²) < 4.78 is 2.21. The molecule has 0 unspecified atom stereocenters. The number of benzene rings is 1. The second-order valence-corrected chi connectivity index (χ2v) is 6.27. The summed E-state index contributed by atoms with van der Waals surface area (Å²) in [6.07, 6.45) is 6.07. The molecule has 0 saturated carbocycles. The van der Waals surface area contributed by atoms with E-state index in [1.807, 2.05) is 12.4 Å². The van der Waals surface area contributed by atoms with E-state index in [1.165, 1.54) is 11.1 Å². The van der Waals surface area contributed by atoms with Crippen molar-refractivity contribution in [3.8, 4) is 11.4 Å². The average molecular weight is 271 g/mol. The molecule has 108 valence electrons. The molecule has 2 aromatic rings. The Labute approximate surface area is 121 Å². The van der Waals surface area contributed by atoms with Crippen LogP contribution in [0.4, 0.5) is 0 Å². The van der Waals surface area contributed by atoms with Gasteiger partial charge in [-0.05, 0) is 30.4 Å². The van der Waals surface area contributed by atoms with Gasteiger partial charge in [0.15, 0.2) is 0 Å². The summed E-state index contributed by atoms with van der Waals surface area (Å²) in [4.78, 5) is 4.49.